The highest BCUT2D eigenvalue weighted by Gasteiger charge is 2.17. The maximum Gasteiger partial charge on any atom is 0.340 e. The lowest BCUT2D eigenvalue weighted by molar-refractivity contribution is 0.0467. The lowest BCUT2D eigenvalue weighted by Crippen LogP contribution is -2.08. The molecule has 0 aliphatic rings. The van der Waals surface area contributed by atoms with Gasteiger partial charge in [0, 0.05) is 16.8 Å². The first-order valence-electron chi connectivity index (χ1n) is 9.40. The average Bonchev–Trinajstić information content (AvgIpc) is 3.25. The normalized spacial score (nSPS) is 10.8. The van der Waals surface area contributed by atoms with Gasteiger partial charge in [-0.3, -0.25) is 4.98 Å². The number of carbonyl (C=O) groups is 1. The predicted molar refractivity (Wildman–Crippen MR) is 116 cm³/mol. The van der Waals surface area contributed by atoms with E-state index in [1.54, 1.807) is 33.3 Å². The van der Waals surface area contributed by atoms with Gasteiger partial charge in [0.05, 0.1) is 42.3 Å². The molecule has 158 valence electrons. The summed E-state index contributed by atoms with van der Waals surface area (Å²) in [7, 11) is 3.15. The highest BCUT2D eigenvalue weighted by atomic mass is 32.1. The molecule has 2 aromatic heterocycles. The summed E-state index contributed by atoms with van der Waals surface area (Å²) in [5.74, 6) is 0.325. The van der Waals surface area contributed by atoms with Crippen LogP contribution in [0.15, 0.2) is 47.8 Å². The number of thiazole rings is 1. The largest absolute Gasteiger partial charge is 0.493 e. The van der Waals surface area contributed by atoms with E-state index >= 15 is 0 Å². The van der Waals surface area contributed by atoms with Gasteiger partial charge in [-0.25, -0.2) is 14.2 Å². The first kappa shape index (κ1) is 20.7. The van der Waals surface area contributed by atoms with Crippen molar-refractivity contribution >= 4 is 28.2 Å². The molecule has 0 aliphatic heterocycles. The van der Waals surface area contributed by atoms with Crippen LogP contribution in [0, 0.1) is 12.7 Å². The van der Waals surface area contributed by atoms with Gasteiger partial charge >= 0.3 is 5.97 Å². The Hall–Kier alpha value is -3.52. The van der Waals surface area contributed by atoms with E-state index in [2.05, 4.69) is 9.97 Å². The molecule has 4 aromatic rings. The van der Waals surface area contributed by atoms with Crippen LogP contribution in [0.3, 0.4) is 0 Å². The van der Waals surface area contributed by atoms with Crippen LogP contribution >= 0.6 is 11.3 Å². The summed E-state index contributed by atoms with van der Waals surface area (Å²) in [5, 5.41) is 3.22. The Balaban J connectivity index is 1.52. The quantitative estimate of drug-likeness (QED) is 0.386. The number of hydrogen-bond acceptors (Lipinski definition) is 7. The summed E-state index contributed by atoms with van der Waals surface area (Å²) in [6.07, 6.45) is 0. The fraction of sp³-hybridized carbons (Fsp3) is 0.174. The van der Waals surface area contributed by atoms with Gasteiger partial charge in [-0.2, -0.15) is 0 Å². The number of carbonyl (C=O) groups excluding carboxylic acids is 1. The molecule has 2 heterocycles. The summed E-state index contributed by atoms with van der Waals surface area (Å²) < 4.78 is 29.7. The van der Waals surface area contributed by atoms with Gasteiger partial charge in [-0.05, 0) is 37.3 Å². The number of nitrogens with zero attached hydrogens (tertiary/aromatic N) is 2. The average molecular weight is 438 g/mol. The van der Waals surface area contributed by atoms with E-state index in [1.807, 2.05) is 23.6 Å². The van der Waals surface area contributed by atoms with Gasteiger partial charge in [-0.1, -0.05) is 6.07 Å². The summed E-state index contributed by atoms with van der Waals surface area (Å²) in [4.78, 5) is 21.5. The molecule has 0 fully saturated rings. The first-order chi connectivity index (χ1) is 15.0. The number of rotatable bonds is 6. The van der Waals surface area contributed by atoms with E-state index < -0.39 is 5.97 Å². The fourth-order valence-electron chi connectivity index (χ4n) is 3.21. The molecule has 0 atom stereocenters. The van der Waals surface area contributed by atoms with Crippen LogP contribution < -0.4 is 9.47 Å². The Labute approximate surface area is 182 Å². The van der Waals surface area contributed by atoms with E-state index in [-0.39, 0.29) is 12.4 Å². The number of para-hydroxylation sites is 1. The maximum absolute atomic E-state index is 13.4. The van der Waals surface area contributed by atoms with Crippen LogP contribution in [0.5, 0.6) is 11.5 Å². The molecular formula is C23H19FN2O4S. The molecule has 0 saturated carbocycles. The zero-order chi connectivity index (χ0) is 22.0. The van der Waals surface area contributed by atoms with Crippen molar-refractivity contribution in [3.63, 3.8) is 0 Å². The molecule has 0 unspecified atom stereocenters. The van der Waals surface area contributed by atoms with Gasteiger partial charge in [0.2, 0.25) is 0 Å². The predicted octanol–water partition coefficient (Wildman–Crippen LogP) is 5.18. The topological polar surface area (TPSA) is 70.5 Å². The van der Waals surface area contributed by atoms with Crippen molar-refractivity contribution < 1.29 is 23.4 Å². The summed E-state index contributed by atoms with van der Waals surface area (Å²) in [6, 6.07) is 11.5. The molecule has 0 saturated heterocycles. The van der Waals surface area contributed by atoms with E-state index in [1.165, 1.54) is 23.5 Å². The summed E-state index contributed by atoms with van der Waals surface area (Å²) >= 11 is 1.42. The SMILES string of the molecule is COc1cccc(-c2nc(COC(=O)c3cc4ccc(F)cc4nc3C)cs2)c1OC. The van der Waals surface area contributed by atoms with Gasteiger partial charge in [-0.15, -0.1) is 11.3 Å². The summed E-state index contributed by atoms with van der Waals surface area (Å²) in [6.45, 7) is 1.71. The zero-order valence-corrected chi connectivity index (χ0v) is 18.0. The molecule has 0 bridgehead atoms. The molecule has 0 N–H and O–H groups in total. The Morgan fingerprint density at radius 3 is 2.71 bits per heavy atom. The molecular weight excluding hydrogens is 419 g/mol. The Bertz CT molecular complexity index is 1270. The minimum absolute atomic E-state index is 0.0164. The lowest BCUT2D eigenvalue weighted by Gasteiger charge is -2.10. The van der Waals surface area contributed by atoms with Gasteiger partial charge in [0.1, 0.15) is 17.4 Å². The number of aromatic nitrogens is 2. The second kappa shape index (κ2) is 8.69. The molecule has 2 aromatic carbocycles. The minimum Gasteiger partial charge on any atom is -0.493 e. The Morgan fingerprint density at radius 2 is 1.94 bits per heavy atom. The van der Waals surface area contributed by atoms with Gasteiger partial charge < -0.3 is 14.2 Å². The number of esters is 1. The number of aryl methyl sites for hydroxylation is 1. The number of halogens is 1. The molecule has 0 amide bonds. The first-order valence-corrected chi connectivity index (χ1v) is 10.3. The third-order valence-electron chi connectivity index (χ3n) is 4.73. The number of hydrogen-bond donors (Lipinski definition) is 0. The van der Waals surface area contributed by atoms with E-state index in [0.29, 0.717) is 39.4 Å². The third kappa shape index (κ3) is 4.20. The van der Waals surface area contributed by atoms with Gasteiger partial charge in [0.25, 0.3) is 0 Å². The van der Waals surface area contributed by atoms with Crippen LogP contribution in [0.1, 0.15) is 21.7 Å². The van der Waals surface area contributed by atoms with Crippen molar-refractivity contribution in [2.75, 3.05) is 14.2 Å². The van der Waals surface area contributed by atoms with E-state index in [0.717, 1.165) is 10.6 Å². The number of methoxy groups -OCH3 is 2. The van der Waals surface area contributed by atoms with Gasteiger partial charge in [0.15, 0.2) is 11.5 Å². The maximum atomic E-state index is 13.4. The number of benzene rings is 2. The van der Waals surface area contributed by atoms with Crippen LogP contribution in [0.4, 0.5) is 4.39 Å². The van der Waals surface area contributed by atoms with Crippen molar-refractivity contribution in [1.82, 2.24) is 9.97 Å². The fourth-order valence-corrected chi connectivity index (χ4v) is 4.04. The molecule has 31 heavy (non-hydrogen) atoms. The molecule has 0 radical (unpaired) electrons. The standard InChI is InChI=1S/C23H19FN2O4S/c1-13-18(9-14-7-8-15(24)10-19(14)25-13)23(27)30-11-16-12-31-22(26-16)17-5-4-6-20(28-2)21(17)29-3/h4-10,12H,11H2,1-3H3. The molecule has 0 aliphatic carbocycles. The lowest BCUT2D eigenvalue weighted by atomic mass is 10.1. The van der Waals surface area contributed by atoms with Crippen LogP contribution in [0.25, 0.3) is 21.5 Å². The number of fused-ring (bicyclic) bond motifs is 1. The second-order valence-electron chi connectivity index (χ2n) is 6.72. The smallest absolute Gasteiger partial charge is 0.340 e. The minimum atomic E-state index is -0.510. The number of pyridine rings is 1. The second-order valence-corrected chi connectivity index (χ2v) is 7.58. The van der Waals surface area contributed by atoms with Crippen LogP contribution in [-0.2, 0) is 11.3 Å². The molecule has 8 heteroatoms. The van der Waals surface area contributed by atoms with Crippen LogP contribution in [-0.4, -0.2) is 30.2 Å². The van der Waals surface area contributed by atoms with E-state index in [4.69, 9.17) is 14.2 Å². The highest BCUT2D eigenvalue weighted by Crippen LogP contribution is 2.39. The van der Waals surface area contributed by atoms with Crippen molar-refractivity contribution in [3.05, 3.63) is 70.6 Å². The van der Waals surface area contributed by atoms with E-state index in [9.17, 15) is 9.18 Å². The van der Waals surface area contributed by atoms with Crippen molar-refractivity contribution in [2.24, 2.45) is 0 Å². The molecule has 0 spiro atoms. The van der Waals surface area contributed by atoms with Crippen LogP contribution in [0.2, 0.25) is 0 Å². The monoisotopic (exact) mass is 438 g/mol. The highest BCUT2D eigenvalue weighted by molar-refractivity contribution is 7.13. The molecule has 6 nitrogen and oxygen atoms in total. The summed E-state index contributed by atoms with van der Waals surface area (Å²) in [5.41, 5.74) is 2.72. The Morgan fingerprint density at radius 1 is 1.10 bits per heavy atom. The Kier molecular flexibility index (Phi) is 5.81. The zero-order valence-electron chi connectivity index (χ0n) is 17.1. The van der Waals surface area contributed by atoms with Crippen molar-refractivity contribution in [1.29, 1.82) is 0 Å². The van der Waals surface area contributed by atoms with Crippen molar-refractivity contribution in [3.8, 4) is 22.1 Å². The van der Waals surface area contributed by atoms with Crippen molar-refractivity contribution in [2.45, 2.75) is 13.5 Å². The third-order valence-corrected chi connectivity index (χ3v) is 5.65. The number of ether oxygens (including phenoxy) is 3. The molecule has 4 rings (SSSR count).